The van der Waals surface area contributed by atoms with Crippen LogP contribution in [0.3, 0.4) is 0 Å². The van der Waals surface area contributed by atoms with Crippen LogP contribution in [0.25, 0.3) is 10.9 Å². The number of nitrogens with zero attached hydrogens (tertiary/aromatic N) is 1. The predicted octanol–water partition coefficient (Wildman–Crippen LogP) is 3.79. The number of aromatic nitrogens is 2. The van der Waals surface area contributed by atoms with Gasteiger partial charge in [0, 0.05) is 4.90 Å². The van der Waals surface area contributed by atoms with Gasteiger partial charge in [-0.25, -0.2) is 4.98 Å². The molecule has 1 N–H and O–H groups in total. The quantitative estimate of drug-likeness (QED) is 0.745. The first-order valence-corrected chi connectivity index (χ1v) is 7.85. The van der Waals surface area contributed by atoms with Gasteiger partial charge < -0.3 is 9.72 Å². The molecule has 112 valence electrons. The van der Waals surface area contributed by atoms with Crippen molar-refractivity contribution in [3.05, 3.63) is 64.7 Å². The average molecular weight is 312 g/mol. The maximum atomic E-state index is 12.1. The molecule has 22 heavy (non-hydrogen) atoms. The van der Waals surface area contributed by atoms with Crippen molar-refractivity contribution < 1.29 is 4.74 Å². The van der Waals surface area contributed by atoms with Gasteiger partial charge in [0.15, 0.2) is 0 Å². The van der Waals surface area contributed by atoms with Crippen LogP contribution in [0.4, 0.5) is 0 Å². The third kappa shape index (κ3) is 2.99. The first-order chi connectivity index (χ1) is 10.7. The maximum Gasteiger partial charge on any atom is 0.258 e. The van der Waals surface area contributed by atoms with Crippen LogP contribution >= 0.6 is 11.8 Å². The summed E-state index contributed by atoms with van der Waals surface area (Å²) < 4.78 is 5.15. The number of hydrogen-bond acceptors (Lipinski definition) is 4. The molecule has 0 aliphatic rings. The van der Waals surface area contributed by atoms with Crippen LogP contribution in [0.15, 0.2) is 58.2 Å². The van der Waals surface area contributed by atoms with Crippen LogP contribution < -0.4 is 10.3 Å². The molecule has 0 amide bonds. The highest BCUT2D eigenvalue weighted by Crippen LogP contribution is 2.33. The zero-order chi connectivity index (χ0) is 15.5. The van der Waals surface area contributed by atoms with Crippen LogP contribution in [0.1, 0.15) is 18.0 Å². The van der Waals surface area contributed by atoms with Crippen molar-refractivity contribution in [2.45, 2.75) is 17.1 Å². The van der Waals surface area contributed by atoms with Gasteiger partial charge in [-0.05, 0) is 43.3 Å². The van der Waals surface area contributed by atoms with Crippen molar-refractivity contribution >= 4 is 22.7 Å². The Labute approximate surface area is 132 Å². The van der Waals surface area contributed by atoms with Crippen LogP contribution in [-0.4, -0.2) is 17.1 Å². The van der Waals surface area contributed by atoms with Gasteiger partial charge in [0.25, 0.3) is 5.56 Å². The van der Waals surface area contributed by atoms with E-state index >= 15 is 0 Å². The highest BCUT2D eigenvalue weighted by molar-refractivity contribution is 7.99. The van der Waals surface area contributed by atoms with E-state index in [-0.39, 0.29) is 10.8 Å². The second kappa shape index (κ2) is 6.23. The highest BCUT2D eigenvalue weighted by Gasteiger charge is 2.12. The fourth-order valence-electron chi connectivity index (χ4n) is 2.21. The molecule has 2 aromatic carbocycles. The summed E-state index contributed by atoms with van der Waals surface area (Å²) in [5.74, 6) is 1.51. The molecule has 5 heteroatoms. The van der Waals surface area contributed by atoms with Crippen LogP contribution in [0.5, 0.6) is 5.75 Å². The van der Waals surface area contributed by atoms with E-state index in [9.17, 15) is 4.79 Å². The number of H-pyrrole nitrogens is 1. The Balaban J connectivity index is 1.88. The molecule has 0 unspecified atom stereocenters. The summed E-state index contributed by atoms with van der Waals surface area (Å²) >= 11 is 1.64. The zero-order valence-electron chi connectivity index (χ0n) is 12.4. The van der Waals surface area contributed by atoms with Gasteiger partial charge in [0.2, 0.25) is 0 Å². The van der Waals surface area contributed by atoms with Crippen molar-refractivity contribution in [1.82, 2.24) is 9.97 Å². The first-order valence-electron chi connectivity index (χ1n) is 6.97. The molecular formula is C17H16N2O2S. The van der Waals surface area contributed by atoms with E-state index in [1.54, 1.807) is 24.9 Å². The minimum atomic E-state index is -0.0946. The highest BCUT2D eigenvalue weighted by atomic mass is 32.2. The Morgan fingerprint density at radius 2 is 1.86 bits per heavy atom. The number of methoxy groups -OCH3 is 1. The Bertz CT molecular complexity index is 843. The monoisotopic (exact) mass is 312 g/mol. The van der Waals surface area contributed by atoms with Gasteiger partial charge in [-0.2, -0.15) is 0 Å². The number of ether oxygens (including phenoxy) is 1. The Hall–Kier alpha value is -2.27. The molecule has 0 bridgehead atoms. The van der Waals surface area contributed by atoms with Gasteiger partial charge in [-0.3, -0.25) is 4.79 Å². The van der Waals surface area contributed by atoms with E-state index in [0.717, 1.165) is 16.2 Å². The molecule has 3 rings (SSSR count). The average Bonchev–Trinajstić information content (AvgIpc) is 2.55. The lowest BCUT2D eigenvalue weighted by Crippen LogP contribution is -2.12. The lowest BCUT2D eigenvalue weighted by Gasteiger charge is -2.11. The lowest BCUT2D eigenvalue weighted by molar-refractivity contribution is 0.414. The molecule has 4 nitrogen and oxygen atoms in total. The van der Waals surface area contributed by atoms with E-state index in [4.69, 9.17) is 4.74 Å². The summed E-state index contributed by atoms with van der Waals surface area (Å²) in [5.41, 5.74) is 0.631. The van der Waals surface area contributed by atoms with Crippen molar-refractivity contribution in [1.29, 1.82) is 0 Å². The summed E-state index contributed by atoms with van der Waals surface area (Å²) in [6.07, 6.45) is 0. The molecule has 0 radical (unpaired) electrons. The molecule has 0 fully saturated rings. The van der Waals surface area contributed by atoms with E-state index in [1.165, 1.54) is 0 Å². The van der Waals surface area contributed by atoms with Crippen molar-refractivity contribution in [2.75, 3.05) is 7.11 Å². The second-order valence-corrected chi connectivity index (χ2v) is 6.32. The van der Waals surface area contributed by atoms with E-state index in [1.807, 2.05) is 49.4 Å². The van der Waals surface area contributed by atoms with E-state index in [0.29, 0.717) is 11.2 Å². The number of thioether (sulfide) groups is 1. The lowest BCUT2D eigenvalue weighted by atomic mass is 10.2. The fraction of sp³-hybridized carbons (Fsp3) is 0.176. The number of hydrogen-bond donors (Lipinski definition) is 1. The Morgan fingerprint density at radius 1 is 1.14 bits per heavy atom. The summed E-state index contributed by atoms with van der Waals surface area (Å²) in [7, 11) is 1.65. The minimum Gasteiger partial charge on any atom is -0.497 e. The van der Waals surface area contributed by atoms with Crippen molar-refractivity contribution in [2.24, 2.45) is 0 Å². The molecule has 0 aliphatic carbocycles. The van der Waals surface area contributed by atoms with E-state index in [2.05, 4.69) is 9.97 Å². The molecule has 1 heterocycles. The number of aromatic amines is 1. The van der Waals surface area contributed by atoms with Crippen molar-refractivity contribution in [3.8, 4) is 5.75 Å². The van der Waals surface area contributed by atoms with Crippen LogP contribution in [-0.2, 0) is 0 Å². The first kappa shape index (κ1) is 14.7. The summed E-state index contributed by atoms with van der Waals surface area (Å²) in [4.78, 5) is 20.7. The predicted molar refractivity (Wildman–Crippen MR) is 89.6 cm³/mol. The largest absolute Gasteiger partial charge is 0.497 e. The topological polar surface area (TPSA) is 55.0 Å². The summed E-state index contributed by atoms with van der Waals surface area (Å²) in [6, 6.07) is 15.2. The van der Waals surface area contributed by atoms with Crippen LogP contribution in [0, 0.1) is 0 Å². The standard InChI is InChI=1S/C17H16N2O2S/c1-11(22-13-9-7-12(21-2)8-10-13)16-18-15-6-4-3-5-14(15)17(20)19-16/h3-11H,1-2H3,(H,18,19,20)/t11-/m1/s1. The summed E-state index contributed by atoms with van der Waals surface area (Å²) in [5, 5.41) is 0.665. The second-order valence-electron chi connectivity index (χ2n) is 4.90. The van der Waals surface area contributed by atoms with Gasteiger partial charge in [0.1, 0.15) is 11.6 Å². The fourth-order valence-corrected chi connectivity index (χ4v) is 3.14. The molecular weight excluding hydrogens is 296 g/mol. The van der Waals surface area contributed by atoms with Crippen LogP contribution in [0.2, 0.25) is 0 Å². The molecule has 0 aliphatic heterocycles. The molecule has 1 aromatic heterocycles. The molecule has 0 saturated carbocycles. The molecule has 0 spiro atoms. The van der Waals surface area contributed by atoms with E-state index < -0.39 is 0 Å². The number of para-hydroxylation sites is 1. The van der Waals surface area contributed by atoms with Crippen molar-refractivity contribution in [3.63, 3.8) is 0 Å². The third-order valence-corrected chi connectivity index (χ3v) is 4.51. The minimum absolute atomic E-state index is 0.0469. The smallest absolute Gasteiger partial charge is 0.258 e. The maximum absolute atomic E-state index is 12.1. The third-order valence-electron chi connectivity index (χ3n) is 3.39. The van der Waals surface area contributed by atoms with Gasteiger partial charge >= 0.3 is 0 Å². The number of rotatable bonds is 4. The number of benzene rings is 2. The molecule has 1 atom stereocenters. The molecule has 0 saturated heterocycles. The molecule has 3 aromatic rings. The normalized spacial score (nSPS) is 12.3. The number of nitrogens with one attached hydrogen (secondary N) is 1. The van der Waals surface area contributed by atoms with Gasteiger partial charge in [0.05, 0.1) is 23.3 Å². The Morgan fingerprint density at radius 3 is 2.59 bits per heavy atom. The van der Waals surface area contributed by atoms with Gasteiger partial charge in [-0.1, -0.05) is 12.1 Å². The summed E-state index contributed by atoms with van der Waals surface area (Å²) in [6.45, 7) is 2.03. The number of fused-ring (bicyclic) bond motifs is 1. The zero-order valence-corrected chi connectivity index (χ0v) is 13.2. The SMILES string of the molecule is COc1ccc(S[C@H](C)c2nc3ccccc3c(=O)[nH]2)cc1. The Kier molecular flexibility index (Phi) is 4.15. The van der Waals surface area contributed by atoms with Gasteiger partial charge in [-0.15, -0.1) is 11.8 Å².